The Kier molecular flexibility index (Phi) is 7.85. The van der Waals surface area contributed by atoms with Crippen molar-refractivity contribution in [1.29, 1.82) is 0 Å². The van der Waals surface area contributed by atoms with Gasteiger partial charge in [-0.2, -0.15) is 0 Å². The van der Waals surface area contributed by atoms with Gasteiger partial charge in [0, 0.05) is 5.39 Å². The van der Waals surface area contributed by atoms with Crippen molar-refractivity contribution in [2.75, 3.05) is 0 Å². The maximum Gasteiger partial charge on any atom is 0.134 e. The molecule has 1 heteroatoms. The zero-order valence-electron chi connectivity index (χ0n) is 25.7. The molecular weight excluding hydrogens is 472 g/mol. The summed E-state index contributed by atoms with van der Waals surface area (Å²) in [6, 6.07) is 28.3. The zero-order valence-corrected chi connectivity index (χ0v) is 21.7. The third-order valence-corrected chi connectivity index (χ3v) is 5.81. The maximum absolute atomic E-state index is 8.81. The summed E-state index contributed by atoms with van der Waals surface area (Å²) in [6.07, 6.45) is 13.7. The first-order valence-electron chi connectivity index (χ1n) is 14.6. The number of benzene rings is 2. The highest BCUT2D eigenvalue weighted by Crippen LogP contribution is 2.29. The molecule has 39 heavy (non-hydrogen) atoms. The molecule has 4 rings (SSSR count). The second kappa shape index (κ2) is 14.0. The van der Waals surface area contributed by atoms with Gasteiger partial charge in [0.15, 0.2) is 0 Å². The van der Waals surface area contributed by atoms with E-state index in [-0.39, 0.29) is 23.7 Å². The van der Waals surface area contributed by atoms with Gasteiger partial charge in [0.05, 0.1) is 5.48 Å². The molecule has 0 saturated heterocycles. The molecule has 190 valence electrons. The van der Waals surface area contributed by atoms with Gasteiger partial charge in [-0.15, -0.1) is 0 Å². The Hall–Kier alpha value is -5.14. The topological polar surface area (TPSA) is 13.1 Å². The molecule has 0 aliphatic carbocycles. The minimum Gasteiger partial charge on any atom is -0.457 e. The van der Waals surface area contributed by atoms with E-state index in [0.717, 1.165) is 39.4 Å². The second-order valence-electron chi connectivity index (χ2n) is 8.50. The normalized spacial score (nSPS) is 14.7. The molecule has 1 aromatic heterocycles. The molecule has 0 aliphatic rings. The van der Waals surface area contributed by atoms with Crippen molar-refractivity contribution in [2.24, 2.45) is 0 Å². The average Bonchev–Trinajstić information content (AvgIpc) is 3.45. The SMILES string of the molecule is [2H]C=C(\C([2H])=C([2H])/C([2H])=C/C=C/C=C\C=C)c1ccccccc(C(=C)/C=C\c2cc3ccccc3o2)c2ccccc12. The highest BCUT2D eigenvalue weighted by atomic mass is 16.3. The van der Waals surface area contributed by atoms with E-state index >= 15 is 0 Å². The number of hydrogen-bond donors (Lipinski definition) is 0. The predicted molar refractivity (Wildman–Crippen MR) is 172 cm³/mol. The van der Waals surface area contributed by atoms with Crippen LogP contribution in [0.5, 0.6) is 0 Å². The lowest BCUT2D eigenvalue weighted by atomic mass is 9.96. The molecule has 0 amide bonds. The summed E-state index contributed by atoms with van der Waals surface area (Å²) in [6.45, 7) is 9.04. The van der Waals surface area contributed by atoms with E-state index in [9.17, 15) is 0 Å². The Morgan fingerprint density at radius 1 is 0.718 bits per heavy atom. The summed E-state index contributed by atoms with van der Waals surface area (Å²) in [5.41, 5.74) is 3.22. The third-order valence-electron chi connectivity index (χ3n) is 5.81. The zero-order chi connectivity index (χ0) is 30.6. The highest BCUT2D eigenvalue weighted by molar-refractivity contribution is 6.01. The highest BCUT2D eigenvalue weighted by Gasteiger charge is 2.06. The largest absolute Gasteiger partial charge is 0.457 e. The Balaban J connectivity index is 1.84. The Morgan fingerprint density at radius 2 is 1.36 bits per heavy atom. The second-order valence-corrected chi connectivity index (χ2v) is 8.50. The molecule has 0 N–H and O–H groups in total. The smallest absolute Gasteiger partial charge is 0.134 e. The molecule has 0 saturated carbocycles. The van der Waals surface area contributed by atoms with Gasteiger partial charge in [-0.25, -0.2) is 0 Å². The summed E-state index contributed by atoms with van der Waals surface area (Å²) in [7, 11) is 0. The molecule has 1 nitrogen and oxygen atoms in total. The van der Waals surface area contributed by atoms with Gasteiger partial charge in [0.2, 0.25) is 0 Å². The summed E-state index contributed by atoms with van der Waals surface area (Å²) in [5, 5.41) is 2.65. The van der Waals surface area contributed by atoms with E-state index in [1.165, 1.54) is 6.08 Å². The van der Waals surface area contributed by atoms with Crippen molar-refractivity contribution in [2.45, 2.75) is 0 Å². The first-order chi connectivity index (χ1) is 20.9. The summed E-state index contributed by atoms with van der Waals surface area (Å²) in [5.74, 6) is 0.715. The van der Waals surface area contributed by atoms with Gasteiger partial charge in [-0.3, -0.25) is 0 Å². The van der Waals surface area contributed by atoms with E-state index in [1.807, 2.05) is 103 Å². The van der Waals surface area contributed by atoms with Crippen LogP contribution in [-0.4, -0.2) is 0 Å². The number of furan rings is 1. The molecule has 0 unspecified atom stereocenters. The van der Waals surface area contributed by atoms with Crippen molar-refractivity contribution in [3.63, 3.8) is 0 Å². The minimum absolute atomic E-state index is 0.135. The van der Waals surface area contributed by atoms with E-state index < -0.39 is 0 Å². The lowest BCUT2D eigenvalue weighted by Crippen LogP contribution is -1.85. The Morgan fingerprint density at radius 3 is 2.08 bits per heavy atom. The quantitative estimate of drug-likeness (QED) is 0.205. The standard InChI is InChI=1S/C38H32O/c1-4-5-6-7-8-9-10-13-20-30(2)34-22-14-11-12-15-23-35(37-25-18-17-24-36(34)37)31(3)27-28-33-29-32-21-16-19-26-38(32)39-33/h4-29H,1-3H2/b6-5-,8-7+,10-9+,12-11?,14-11?,15-12?,20-13-,22-14?,23-15?,28-27-,34-22?,35-23?,36-34?,37-35?/i2D,10D,13D,20D/b6-5-,8-7+,10-9+,12-11?,14-11?,15-12?,20-13-,22-14?,23-15?,28-27-,30-2?,34-22?,35-23?,36-34?,37-35?. The van der Waals surface area contributed by atoms with Crippen molar-refractivity contribution in [3.05, 3.63) is 188 Å². The molecular formula is C38H32O. The van der Waals surface area contributed by atoms with E-state index in [0.29, 0.717) is 11.3 Å². The van der Waals surface area contributed by atoms with Gasteiger partial charge in [0.1, 0.15) is 11.3 Å². The van der Waals surface area contributed by atoms with E-state index in [2.05, 4.69) is 13.2 Å². The fraction of sp³-hybridized carbons (Fsp3) is 0. The summed E-state index contributed by atoms with van der Waals surface area (Å²) < 4.78 is 39.9. The molecule has 0 aliphatic heterocycles. The monoisotopic (exact) mass is 508 g/mol. The van der Waals surface area contributed by atoms with Crippen LogP contribution in [0.25, 0.3) is 39.0 Å². The van der Waals surface area contributed by atoms with Crippen molar-refractivity contribution < 1.29 is 9.90 Å². The van der Waals surface area contributed by atoms with E-state index in [1.54, 1.807) is 30.4 Å². The third kappa shape index (κ3) is 7.44. The van der Waals surface area contributed by atoms with Crippen LogP contribution >= 0.6 is 0 Å². The van der Waals surface area contributed by atoms with Gasteiger partial charge in [0.25, 0.3) is 0 Å². The van der Waals surface area contributed by atoms with Crippen molar-refractivity contribution >= 4 is 39.0 Å². The van der Waals surface area contributed by atoms with Gasteiger partial charge < -0.3 is 4.42 Å². The first kappa shape index (κ1) is 21.9. The van der Waals surface area contributed by atoms with Crippen molar-refractivity contribution in [3.8, 4) is 0 Å². The molecule has 0 atom stereocenters. The molecule has 0 fully saturated rings. The lowest BCUT2D eigenvalue weighted by molar-refractivity contribution is 0.604. The van der Waals surface area contributed by atoms with Crippen LogP contribution in [0.15, 0.2) is 176 Å². The van der Waals surface area contributed by atoms with Crippen LogP contribution in [0.3, 0.4) is 0 Å². The fourth-order valence-electron chi connectivity index (χ4n) is 3.96. The van der Waals surface area contributed by atoms with Crippen LogP contribution in [-0.2, 0) is 0 Å². The lowest BCUT2D eigenvalue weighted by Gasteiger charge is -2.08. The molecule has 0 spiro atoms. The Labute approximate surface area is 237 Å². The van der Waals surface area contributed by atoms with E-state index in [4.69, 9.17) is 9.90 Å². The van der Waals surface area contributed by atoms with Gasteiger partial charge in [-0.1, -0.05) is 159 Å². The van der Waals surface area contributed by atoms with Gasteiger partial charge in [-0.05, 0) is 51.3 Å². The van der Waals surface area contributed by atoms with Gasteiger partial charge >= 0.3 is 0 Å². The number of allylic oxidation sites excluding steroid dienone is 12. The van der Waals surface area contributed by atoms with Crippen LogP contribution in [0.1, 0.15) is 22.4 Å². The maximum atomic E-state index is 8.81. The minimum atomic E-state index is -0.288. The predicted octanol–water partition coefficient (Wildman–Crippen LogP) is 10.9. The molecule has 4 aromatic rings. The number of rotatable bonds is 9. The average molecular weight is 509 g/mol. The molecule has 3 aromatic carbocycles. The first-order valence-corrected chi connectivity index (χ1v) is 12.6. The number of para-hydroxylation sites is 1. The summed E-state index contributed by atoms with van der Waals surface area (Å²) >= 11 is 0. The van der Waals surface area contributed by atoms with Crippen LogP contribution in [0, 0.1) is 0 Å². The van der Waals surface area contributed by atoms with Crippen LogP contribution < -0.4 is 0 Å². The fourth-order valence-corrected chi connectivity index (χ4v) is 3.96. The molecule has 1 heterocycles. The summed E-state index contributed by atoms with van der Waals surface area (Å²) in [4.78, 5) is 0. The molecule has 0 radical (unpaired) electrons. The van der Waals surface area contributed by atoms with Crippen LogP contribution in [0.4, 0.5) is 0 Å². The van der Waals surface area contributed by atoms with Crippen molar-refractivity contribution in [1.82, 2.24) is 0 Å². The van der Waals surface area contributed by atoms with Crippen LogP contribution in [0.2, 0.25) is 0 Å². The number of fused-ring (bicyclic) bond motifs is 2. The Bertz CT molecular complexity index is 1860. The number of hydrogen-bond acceptors (Lipinski definition) is 1. The molecule has 0 bridgehead atoms.